The van der Waals surface area contributed by atoms with Crippen LogP contribution in [0.25, 0.3) is 0 Å². The van der Waals surface area contributed by atoms with Crippen molar-refractivity contribution in [2.24, 2.45) is 22.7 Å². The molecule has 0 radical (unpaired) electrons. The third-order valence-corrected chi connectivity index (χ3v) is 21.2. The van der Waals surface area contributed by atoms with Crippen LogP contribution in [0.5, 0.6) is 17.2 Å². The Morgan fingerprint density at radius 1 is 0.763 bits per heavy atom. The van der Waals surface area contributed by atoms with E-state index >= 15 is 0 Å². The number of hydrogen-bond donors (Lipinski definition) is 0. The van der Waals surface area contributed by atoms with Gasteiger partial charge in [-0.15, -0.1) is 0 Å². The zero-order chi connectivity index (χ0) is 28.0. The molecule has 1 aromatic rings. The first-order chi connectivity index (χ1) is 17.9. The summed E-state index contributed by atoms with van der Waals surface area (Å²) >= 11 is 0. The Bertz CT molecular complexity index is 966. The van der Waals surface area contributed by atoms with Crippen molar-refractivity contribution >= 4 is 16.6 Å². The second-order valence-corrected chi connectivity index (χ2v) is 23.6. The van der Waals surface area contributed by atoms with Gasteiger partial charge in [0.1, 0.15) is 17.1 Å². The van der Waals surface area contributed by atoms with Gasteiger partial charge >= 0.3 is 0 Å². The second kappa shape index (κ2) is 10.8. The van der Waals surface area contributed by atoms with E-state index in [9.17, 15) is 0 Å². The van der Waals surface area contributed by atoms with Gasteiger partial charge in [0.2, 0.25) is 0 Å². The largest absolute Gasteiger partial charge is 0.541 e. The average Bonchev–Trinajstić information content (AvgIpc) is 2.90. The van der Waals surface area contributed by atoms with E-state index in [0.29, 0.717) is 16.7 Å². The van der Waals surface area contributed by atoms with Crippen molar-refractivity contribution < 1.29 is 13.6 Å². The lowest BCUT2D eigenvalue weighted by atomic mass is 9.44. The molecule has 2 saturated carbocycles. The second-order valence-electron chi connectivity index (χ2n) is 14.2. The van der Waals surface area contributed by atoms with Gasteiger partial charge in [0.25, 0.3) is 16.6 Å². The standard InChI is InChI=1S/C33H58O3Si2/c1-11-37(12-2,13-3)35-27-19-18-26-25(30(27)36-38(14-4,15-5)16-6)24-29-32(9)22-17-21-31(7,8)28(32)20-23-33(29,10)34-26/h18-19,28-29H,11-17,20-24H2,1-10H3/t28-,29+,32-,33+/m0/s1. The van der Waals surface area contributed by atoms with Crippen molar-refractivity contribution in [3.8, 4) is 17.2 Å². The highest BCUT2D eigenvalue weighted by molar-refractivity contribution is 6.75. The average molecular weight is 559 g/mol. The summed E-state index contributed by atoms with van der Waals surface area (Å²) in [5.74, 6) is 4.40. The van der Waals surface area contributed by atoms with E-state index in [-0.39, 0.29) is 5.60 Å². The van der Waals surface area contributed by atoms with Gasteiger partial charge < -0.3 is 13.6 Å². The van der Waals surface area contributed by atoms with Crippen LogP contribution < -0.4 is 13.6 Å². The molecule has 0 unspecified atom stereocenters. The quantitative estimate of drug-likeness (QED) is 0.267. The Balaban J connectivity index is 1.85. The van der Waals surface area contributed by atoms with E-state index < -0.39 is 16.6 Å². The third-order valence-electron chi connectivity index (χ3n) is 12.2. The molecule has 0 bridgehead atoms. The lowest BCUT2D eigenvalue weighted by Gasteiger charge is -2.63. The molecule has 2 fully saturated rings. The maximum Gasteiger partial charge on any atom is 0.250 e. The van der Waals surface area contributed by atoms with Crippen LogP contribution in [0.15, 0.2) is 12.1 Å². The van der Waals surface area contributed by atoms with Gasteiger partial charge in [-0.1, -0.05) is 68.7 Å². The molecule has 1 heterocycles. The molecule has 2 aliphatic carbocycles. The first-order valence-corrected chi connectivity index (χ1v) is 21.2. The predicted octanol–water partition coefficient (Wildman–Crippen LogP) is 10.4. The first-order valence-electron chi connectivity index (χ1n) is 16.1. The van der Waals surface area contributed by atoms with Crippen LogP contribution in [0.4, 0.5) is 0 Å². The Morgan fingerprint density at radius 2 is 1.34 bits per heavy atom. The molecule has 0 N–H and O–H groups in total. The van der Waals surface area contributed by atoms with E-state index in [1.807, 2.05) is 0 Å². The monoisotopic (exact) mass is 558 g/mol. The van der Waals surface area contributed by atoms with Crippen LogP contribution in [-0.2, 0) is 6.42 Å². The number of rotatable bonds is 10. The van der Waals surface area contributed by atoms with Gasteiger partial charge in [-0.2, -0.15) is 0 Å². The van der Waals surface area contributed by atoms with Crippen LogP contribution in [0.3, 0.4) is 0 Å². The van der Waals surface area contributed by atoms with Crippen LogP contribution in [-0.4, -0.2) is 22.2 Å². The van der Waals surface area contributed by atoms with Crippen LogP contribution in [0.1, 0.15) is 107 Å². The molecule has 4 rings (SSSR count). The topological polar surface area (TPSA) is 27.7 Å². The zero-order valence-electron chi connectivity index (χ0n) is 26.5. The van der Waals surface area contributed by atoms with Crippen molar-refractivity contribution in [2.75, 3.05) is 0 Å². The summed E-state index contributed by atoms with van der Waals surface area (Å²) in [6, 6.07) is 11.3. The minimum atomic E-state index is -1.91. The van der Waals surface area contributed by atoms with Gasteiger partial charge in [0, 0.05) is 11.5 Å². The number of fused-ring (bicyclic) bond motifs is 4. The van der Waals surface area contributed by atoms with E-state index in [4.69, 9.17) is 13.6 Å². The van der Waals surface area contributed by atoms with E-state index in [1.165, 1.54) is 31.2 Å². The summed E-state index contributed by atoms with van der Waals surface area (Å²) in [6.45, 7) is 24.1. The summed E-state index contributed by atoms with van der Waals surface area (Å²) < 4.78 is 21.6. The van der Waals surface area contributed by atoms with Gasteiger partial charge in [-0.25, -0.2) is 0 Å². The van der Waals surface area contributed by atoms with E-state index in [0.717, 1.165) is 72.3 Å². The maximum absolute atomic E-state index is 7.34. The molecule has 3 nitrogen and oxygen atoms in total. The molecule has 0 amide bonds. The SMILES string of the molecule is CC[Si](CC)(CC)Oc1ccc2c(c1O[Si](CC)(CC)CC)C[C@@H]1[C@@]3(C)CCCC(C)(C)[C@@H]3CC[C@@]1(C)O2. The van der Waals surface area contributed by atoms with E-state index in [1.54, 1.807) is 0 Å². The van der Waals surface area contributed by atoms with Gasteiger partial charge in [0.05, 0.1) is 0 Å². The van der Waals surface area contributed by atoms with Crippen LogP contribution >= 0.6 is 0 Å². The van der Waals surface area contributed by atoms with Gasteiger partial charge in [-0.3, -0.25) is 0 Å². The fourth-order valence-electron chi connectivity index (χ4n) is 9.08. The highest BCUT2D eigenvalue weighted by atomic mass is 28.4. The van der Waals surface area contributed by atoms with Gasteiger partial charge in [0.15, 0.2) is 5.75 Å². The zero-order valence-corrected chi connectivity index (χ0v) is 28.5. The molecule has 38 heavy (non-hydrogen) atoms. The molecule has 3 aliphatic rings. The van der Waals surface area contributed by atoms with Crippen molar-refractivity contribution in [1.82, 2.24) is 0 Å². The summed E-state index contributed by atoms with van der Waals surface area (Å²) in [6.07, 6.45) is 7.51. The molecular weight excluding hydrogens is 501 g/mol. The molecule has 0 saturated heterocycles. The van der Waals surface area contributed by atoms with Crippen molar-refractivity contribution in [2.45, 2.75) is 150 Å². The predicted molar refractivity (Wildman–Crippen MR) is 167 cm³/mol. The van der Waals surface area contributed by atoms with E-state index in [2.05, 4.69) is 81.4 Å². The minimum absolute atomic E-state index is 0.102. The Kier molecular flexibility index (Phi) is 8.53. The fourth-order valence-corrected chi connectivity index (χ4v) is 14.2. The first kappa shape index (κ1) is 30.0. The molecule has 5 heteroatoms. The van der Waals surface area contributed by atoms with Crippen molar-refractivity contribution in [3.63, 3.8) is 0 Å². The highest BCUT2D eigenvalue weighted by Crippen LogP contribution is 2.65. The molecule has 0 aromatic heterocycles. The number of ether oxygens (including phenoxy) is 1. The minimum Gasteiger partial charge on any atom is -0.541 e. The van der Waals surface area contributed by atoms with Crippen molar-refractivity contribution in [1.29, 1.82) is 0 Å². The summed E-state index contributed by atoms with van der Waals surface area (Å²) in [7, 11) is -3.77. The molecular formula is C33H58O3Si2. The third kappa shape index (κ3) is 4.90. The molecule has 4 atom stereocenters. The summed E-state index contributed by atoms with van der Waals surface area (Å²) in [5.41, 5.74) is 1.91. The Labute approximate surface area is 237 Å². The summed E-state index contributed by atoms with van der Waals surface area (Å²) in [5, 5.41) is 0. The smallest absolute Gasteiger partial charge is 0.250 e. The normalized spacial score (nSPS) is 30.5. The molecule has 1 aliphatic heterocycles. The summed E-state index contributed by atoms with van der Waals surface area (Å²) in [4.78, 5) is 0. The Morgan fingerprint density at radius 3 is 1.92 bits per heavy atom. The number of hydrogen-bond acceptors (Lipinski definition) is 3. The Hall–Kier alpha value is -0.946. The number of benzene rings is 1. The molecule has 0 spiro atoms. The van der Waals surface area contributed by atoms with Crippen LogP contribution in [0.2, 0.25) is 36.3 Å². The lowest BCUT2D eigenvalue weighted by molar-refractivity contribution is -0.162. The molecule has 216 valence electrons. The van der Waals surface area contributed by atoms with Crippen molar-refractivity contribution in [3.05, 3.63) is 17.7 Å². The fraction of sp³-hybridized carbons (Fsp3) is 0.818. The van der Waals surface area contributed by atoms with Crippen LogP contribution in [0, 0.1) is 22.7 Å². The van der Waals surface area contributed by atoms with Gasteiger partial charge in [-0.05, 0) is 104 Å². The molecule has 1 aromatic carbocycles. The lowest BCUT2D eigenvalue weighted by Crippen LogP contribution is -2.61. The maximum atomic E-state index is 7.34. The highest BCUT2D eigenvalue weighted by Gasteiger charge is 2.61.